The first kappa shape index (κ1) is 12.7. The van der Waals surface area contributed by atoms with Crippen LogP contribution in [0.1, 0.15) is 20.8 Å². The fourth-order valence-electron chi connectivity index (χ4n) is 1.10. The van der Waals surface area contributed by atoms with Crippen molar-refractivity contribution in [3.8, 4) is 6.01 Å². The van der Waals surface area contributed by atoms with E-state index in [1.54, 1.807) is 19.5 Å². The van der Waals surface area contributed by atoms with E-state index >= 15 is 0 Å². The molecular formula is C11H19N3O2. The molecule has 1 N–H and O–H groups in total. The molecule has 0 unspecified atom stereocenters. The molecule has 90 valence electrons. The van der Waals surface area contributed by atoms with Gasteiger partial charge in [0, 0.05) is 12.6 Å². The lowest BCUT2D eigenvalue weighted by Crippen LogP contribution is -2.26. The predicted molar refractivity (Wildman–Crippen MR) is 62.8 cm³/mol. The first-order valence-corrected chi connectivity index (χ1v) is 5.23. The molecular weight excluding hydrogens is 206 g/mol. The number of hydrogen-bond donors (Lipinski definition) is 1. The van der Waals surface area contributed by atoms with Crippen LogP contribution in [0.2, 0.25) is 0 Å². The van der Waals surface area contributed by atoms with Gasteiger partial charge in [0.15, 0.2) is 0 Å². The summed E-state index contributed by atoms with van der Waals surface area (Å²) in [6, 6.07) is 0.372. The van der Waals surface area contributed by atoms with Crippen molar-refractivity contribution >= 4 is 5.69 Å². The van der Waals surface area contributed by atoms with E-state index in [4.69, 9.17) is 9.47 Å². The third kappa shape index (κ3) is 4.93. The zero-order chi connectivity index (χ0) is 12.0. The minimum absolute atomic E-state index is 0.00177. The van der Waals surface area contributed by atoms with Crippen molar-refractivity contribution in [2.75, 3.05) is 25.6 Å². The van der Waals surface area contributed by atoms with Gasteiger partial charge in [0.2, 0.25) is 0 Å². The molecule has 5 nitrogen and oxygen atoms in total. The summed E-state index contributed by atoms with van der Waals surface area (Å²) < 4.78 is 10.1. The van der Waals surface area contributed by atoms with Crippen molar-refractivity contribution in [2.45, 2.75) is 26.3 Å². The number of aromatic nitrogens is 2. The van der Waals surface area contributed by atoms with Gasteiger partial charge in [0.1, 0.15) is 6.61 Å². The molecule has 1 rings (SSSR count). The second-order valence-corrected chi connectivity index (χ2v) is 4.47. The maximum atomic E-state index is 5.26. The highest BCUT2D eigenvalue weighted by molar-refractivity contribution is 5.40. The molecule has 1 aromatic rings. The Kier molecular flexibility index (Phi) is 4.49. The van der Waals surface area contributed by atoms with Crippen LogP contribution in [0.25, 0.3) is 0 Å². The molecule has 0 fully saturated rings. The highest BCUT2D eigenvalue weighted by Gasteiger charge is 2.09. The standard InChI is InChI=1S/C11H19N3O2/c1-11(2,3)14-9-7-12-10(13-8-9)16-6-5-15-4/h7-8,14H,5-6H2,1-4H3. The lowest BCUT2D eigenvalue weighted by Gasteiger charge is -2.21. The number of anilines is 1. The van der Waals surface area contributed by atoms with E-state index in [1.807, 2.05) is 0 Å². The topological polar surface area (TPSA) is 56.3 Å². The molecule has 0 aliphatic rings. The molecule has 0 aliphatic heterocycles. The second kappa shape index (κ2) is 5.65. The Bertz CT molecular complexity index is 306. The molecule has 16 heavy (non-hydrogen) atoms. The Morgan fingerprint density at radius 1 is 1.19 bits per heavy atom. The van der Waals surface area contributed by atoms with Gasteiger partial charge in [-0.05, 0) is 20.8 Å². The maximum absolute atomic E-state index is 5.26. The van der Waals surface area contributed by atoms with Crippen molar-refractivity contribution in [2.24, 2.45) is 0 Å². The number of ether oxygens (including phenoxy) is 2. The third-order valence-corrected chi connectivity index (χ3v) is 1.67. The first-order chi connectivity index (χ1) is 7.51. The average molecular weight is 225 g/mol. The first-order valence-electron chi connectivity index (χ1n) is 5.23. The largest absolute Gasteiger partial charge is 0.461 e. The Balaban J connectivity index is 2.48. The number of rotatable bonds is 5. The second-order valence-electron chi connectivity index (χ2n) is 4.47. The van der Waals surface area contributed by atoms with Gasteiger partial charge in [-0.15, -0.1) is 0 Å². The highest BCUT2D eigenvalue weighted by Crippen LogP contribution is 2.13. The summed E-state index contributed by atoms with van der Waals surface area (Å²) in [7, 11) is 1.63. The van der Waals surface area contributed by atoms with E-state index in [9.17, 15) is 0 Å². The van der Waals surface area contributed by atoms with Crippen molar-refractivity contribution in [3.05, 3.63) is 12.4 Å². The van der Waals surface area contributed by atoms with Crippen molar-refractivity contribution < 1.29 is 9.47 Å². The van der Waals surface area contributed by atoms with Gasteiger partial charge in [-0.3, -0.25) is 0 Å². The fourth-order valence-corrected chi connectivity index (χ4v) is 1.10. The Hall–Kier alpha value is -1.36. The molecule has 0 aliphatic carbocycles. The van der Waals surface area contributed by atoms with Crippen LogP contribution >= 0.6 is 0 Å². The molecule has 0 spiro atoms. The SMILES string of the molecule is COCCOc1ncc(NC(C)(C)C)cn1. The number of methoxy groups -OCH3 is 1. The van der Waals surface area contributed by atoms with Crippen LogP contribution in [0.5, 0.6) is 6.01 Å². The fraction of sp³-hybridized carbons (Fsp3) is 0.636. The molecule has 5 heteroatoms. The summed E-state index contributed by atoms with van der Waals surface area (Å²) in [6.07, 6.45) is 3.42. The number of nitrogens with one attached hydrogen (secondary N) is 1. The molecule has 0 aromatic carbocycles. The van der Waals surface area contributed by atoms with E-state index in [-0.39, 0.29) is 5.54 Å². The van der Waals surface area contributed by atoms with Crippen LogP contribution in [0.15, 0.2) is 12.4 Å². The van der Waals surface area contributed by atoms with Crippen LogP contribution in [0.4, 0.5) is 5.69 Å². The molecule has 1 aromatic heterocycles. The normalized spacial score (nSPS) is 11.2. The van der Waals surface area contributed by atoms with E-state index in [0.29, 0.717) is 19.2 Å². The van der Waals surface area contributed by atoms with E-state index in [2.05, 4.69) is 36.1 Å². The Morgan fingerprint density at radius 3 is 2.31 bits per heavy atom. The minimum atomic E-state index is 0.00177. The van der Waals surface area contributed by atoms with Crippen molar-refractivity contribution in [3.63, 3.8) is 0 Å². The molecule has 1 heterocycles. The van der Waals surface area contributed by atoms with E-state index in [0.717, 1.165) is 5.69 Å². The van der Waals surface area contributed by atoms with E-state index in [1.165, 1.54) is 0 Å². The summed E-state index contributed by atoms with van der Waals surface area (Å²) >= 11 is 0. The Morgan fingerprint density at radius 2 is 1.81 bits per heavy atom. The zero-order valence-electron chi connectivity index (χ0n) is 10.3. The Labute approximate surface area is 96.2 Å². The smallest absolute Gasteiger partial charge is 0.316 e. The molecule has 0 bridgehead atoms. The quantitative estimate of drug-likeness (QED) is 0.773. The summed E-state index contributed by atoms with van der Waals surface area (Å²) in [6.45, 7) is 7.23. The monoisotopic (exact) mass is 225 g/mol. The van der Waals surface area contributed by atoms with Crippen LogP contribution < -0.4 is 10.1 Å². The number of hydrogen-bond acceptors (Lipinski definition) is 5. The van der Waals surface area contributed by atoms with Crippen LogP contribution in [0.3, 0.4) is 0 Å². The summed E-state index contributed by atoms with van der Waals surface area (Å²) in [4.78, 5) is 8.17. The van der Waals surface area contributed by atoms with Crippen LogP contribution in [-0.4, -0.2) is 35.8 Å². The summed E-state index contributed by atoms with van der Waals surface area (Å²) in [5, 5.41) is 3.27. The molecule has 0 atom stereocenters. The molecule has 0 saturated heterocycles. The maximum Gasteiger partial charge on any atom is 0.316 e. The van der Waals surface area contributed by atoms with Crippen molar-refractivity contribution in [1.82, 2.24) is 9.97 Å². The number of nitrogens with zero attached hydrogens (tertiary/aromatic N) is 2. The van der Waals surface area contributed by atoms with Crippen LogP contribution in [-0.2, 0) is 4.74 Å². The zero-order valence-corrected chi connectivity index (χ0v) is 10.3. The lowest BCUT2D eigenvalue weighted by molar-refractivity contribution is 0.141. The minimum Gasteiger partial charge on any atom is -0.461 e. The molecule has 0 saturated carbocycles. The van der Waals surface area contributed by atoms with Gasteiger partial charge in [-0.25, -0.2) is 9.97 Å². The lowest BCUT2D eigenvalue weighted by atomic mass is 10.1. The highest BCUT2D eigenvalue weighted by atomic mass is 16.5. The van der Waals surface area contributed by atoms with Gasteiger partial charge in [-0.1, -0.05) is 0 Å². The van der Waals surface area contributed by atoms with Gasteiger partial charge in [0.25, 0.3) is 0 Å². The van der Waals surface area contributed by atoms with Gasteiger partial charge in [-0.2, -0.15) is 0 Å². The average Bonchev–Trinajstić information content (AvgIpc) is 2.19. The molecule has 0 radical (unpaired) electrons. The van der Waals surface area contributed by atoms with Gasteiger partial charge in [0.05, 0.1) is 24.7 Å². The third-order valence-electron chi connectivity index (χ3n) is 1.67. The van der Waals surface area contributed by atoms with Gasteiger partial charge >= 0.3 is 6.01 Å². The van der Waals surface area contributed by atoms with E-state index < -0.39 is 0 Å². The van der Waals surface area contributed by atoms with Crippen LogP contribution in [0, 0.1) is 0 Å². The molecule has 0 amide bonds. The predicted octanol–water partition coefficient (Wildman–Crippen LogP) is 1.71. The van der Waals surface area contributed by atoms with Crippen molar-refractivity contribution in [1.29, 1.82) is 0 Å². The van der Waals surface area contributed by atoms with Gasteiger partial charge < -0.3 is 14.8 Å². The summed E-state index contributed by atoms with van der Waals surface area (Å²) in [5.74, 6) is 0. The summed E-state index contributed by atoms with van der Waals surface area (Å²) in [5.41, 5.74) is 0.883.